The summed E-state index contributed by atoms with van der Waals surface area (Å²) in [6, 6.07) is 6.14. The third-order valence-corrected chi connectivity index (χ3v) is 5.67. The topological polar surface area (TPSA) is 86.2 Å². The number of carbonyl (C=O) groups excluding carboxylic acids is 1. The zero-order valence-electron chi connectivity index (χ0n) is 21.7. The van der Waals surface area contributed by atoms with Gasteiger partial charge in [-0.05, 0) is 50.3 Å². The zero-order chi connectivity index (χ0) is 25.4. The Kier molecular flexibility index (Phi) is 13.5. The van der Waals surface area contributed by atoms with Crippen molar-refractivity contribution in [3.63, 3.8) is 0 Å². The van der Waals surface area contributed by atoms with Gasteiger partial charge in [-0.25, -0.2) is 16.5 Å². The van der Waals surface area contributed by atoms with E-state index < -0.39 is 11.7 Å². The molecular formula is C27H29FN4O3SU. The van der Waals surface area contributed by atoms with Crippen LogP contribution in [0.25, 0.3) is 11.1 Å². The van der Waals surface area contributed by atoms with Gasteiger partial charge in [0.1, 0.15) is 11.6 Å². The van der Waals surface area contributed by atoms with Crippen LogP contribution in [0.5, 0.6) is 10.9 Å². The third kappa shape index (κ3) is 8.63. The van der Waals surface area contributed by atoms with Crippen LogP contribution in [-0.2, 0) is 0 Å². The van der Waals surface area contributed by atoms with Gasteiger partial charge < -0.3 is 16.9 Å². The molecule has 192 valence electrons. The summed E-state index contributed by atoms with van der Waals surface area (Å²) in [5, 5.41) is 11.2. The Bertz CT molecular complexity index is 1300. The van der Waals surface area contributed by atoms with Crippen LogP contribution in [-0.4, -0.2) is 34.8 Å². The van der Waals surface area contributed by atoms with E-state index in [1.807, 2.05) is 39.0 Å². The van der Waals surface area contributed by atoms with E-state index in [0.29, 0.717) is 28.8 Å². The van der Waals surface area contributed by atoms with Gasteiger partial charge in [-0.3, -0.25) is 21.2 Å². The quantitative estimate of drug-likeness (QED) is 0.201. The van der Waals surface area contributed by atoms with Gasteiger partial charge in [0, 0.05) is 17.5 Å². The molecule has 0 radical (unpaired) electrons. The van der Waals surface area contributed by atoms with E-state index in [-0.39, 0.29) is 54.8 Å². The molecule has 0 spiro atoms. The normalized spacial score (nSPS) is 10.5. The predicted molar refractivity (Wildman–Crippen MR) is 142 cm³/mol. The number of nitrogens with zero attached hydrogens (tertiary/aromatic N) is 3. The fraction of sp³-hybridized carbons (Fsp3) is 0.222. The van der Waals surface area contributed by atoms with Crippen LogP contribution in [0.4, 0.5) is 9.52 Å². The zero-order valence-corrected chi connectivity index (χ0v) is 26.7. The fourth-order valence-corrected chi connectivity index (χ4v) is 3.70. The summed E-state index contributed by atoms with van der Waals surface area (Å²) < 4.78 is 25.8. The second kappa shape index (κ2) is 15.5. The monoisotopic (exact) mass is 746 g/mol. The number of methoxy groups -OCH3 is 1. The first-order chi connectivity index (χ1) is 16.8. The van der Waals surface area contributed by atoms with E-state index in [2.05, 4.69) is 26.6 Å². The molecule has 0 aliphatic carbocycles. The third-order valence-electron chi connectivity index (χ3n) is 4.92. The van der Waals surface area contributed by atoms with Crippen molar-refractivity contribution in [3.05, 3.63) is 90.4 Å². The molecule has 0 unspecified atom stereocenters. The number of halogens is 1. The number of allylic oxidation sites excluding steroid dienone is 4. The van der Waals surface area contributed by atoms with Crippen LogP contribution >= 0.6 is 11.3 Å². The minimum atomic E-state index is -0.508. The van der Waals surface area contributed by atoms with Gasteiger partial charge in [0.15, 0.2) is 0 Å². The van der Waals surface area contributed by atoms with Gasteiger partial charge >= 0.3 is 31.1 Å². The van der Waals surface area contributed by atoms with Crippen molar-refractivity contribution in [2.45, 2.75) is 27.7 Å². The van der Waals surface area contributed by atoms with Crippen LogP contribution in [0.3, 0.4) is 0 Å². The summed E-state index contributed by atoms with van der Waals surface area (Å²) in [6.45, 7) is 7.93. The van der Waals surface area contributed by atoms with Gasteiger partial charge in [-0.2, -0.15) is 6.08 Å². The van der Waals surface area contributed by atoms with Crippen LogP contribution in [0, 0.1) is 57.4 Å². The molecule has 7 nitrogen and oxygen atoms in total. The summed E-state index contributed by atoms with van der Waals surface area (Å²) in [5.74, 6) is -0.700. The summed E-state index contributed by atoms with van der Waals surface area (Å²) in [4.78, 5) is 17.3. The number of amides is 1. The van der Waals surface area contributed by atoms with Crippen molar-refractivity contribution in [3.8, 4) is 22.1 Å². The second-order valence-corrected chi connectivity index (χ2v) is 8.56. The Hall–Kier alpha value is -2.80. The van der Waals surface area contributed by atoms with Crippen molar-refractivity contribution < 1.29 is 49.8 Å². The van der Waals surface area contributed by atoms with Gasteiger partial charge in [0.25, 0.3) is 11.1 Å². The van der Waals surface area contributed by atoms with Gasteiger partial charge in [-0.15, -0.1) is 5.10 Å². The van der Waals surface area contributed by atoms with Crippen LogP contribution in [0.1, 0.15) is 36.8 Å². The minimum Gasteiger partial charge on any atom is -0.496 e. The van der Waals surface area contributed by atoms with Gasteiger partial charge in [0.05, 0.1) is 24.8 Å². The van der Waals surface area contributed by atoms with E-state index in [9.17, 15) is 9.18 Å². The number of aryl methyl sites for hydroxylation is 1. The SMILES string of the molecule is CC=[C-]/C=C\C(COc1nnc(NC(=O)c2cnc(C)cc2-c2c(F)cccc2OC)s1)=C(C)C.[CH3-].[U+2]. The molecule has 0 fully saturated rings. The summed E-state index contributed by atoms with van der Waals surface area (Å²) in [6.07, 6.45) is 9.95. The molecule has 1 N–H and O–H groups in total. The maximum atomic E-state index is 14.7. The number of hydrogen-bond donors (Lipinski definition) is 1. The Morgan fingerprint density at radius 3 is 2.70 bits per heavy atom. The van der Waals surface area contributed by atoms with Crippen LogP contribution < -0.4 is 14.8 Å². The molecule has 1 amide bonds. The number of carbonyl (C=O) groups is 1. The van der Waals surface area contributed by atoms with Crippen molar-refractivity contribution in [2.24, 2.45) is 0 Å². The number of aromatic nitrogens is 3. The van der Waals surface area contributed by atoms with E-state index in [4.69, 9.17) is 9.47 Å². The van der Waals surface area contributed by atoms with Crippen LogP contribution in [0.15, 0.2) is 59.8 Å². The Balaban J connectivity index is 0.00000342. The Morgan fingerprint density at radius 2 is 2.03 bits per heavy atom. The summed E-state index contributed by atoms with van der Waals surface area (Å²) in [7, 11) is 1.45. The smallest absolute Gasteiger partial charge is 0.496 e. The van der Waals surface area contributed by atoms with E-state index in [0.717, 1.165) is 22.5 Å². The molecule has 0 saturated heterocycles. The minimum absolute atomic E-state index is 0. The molecule has 2 heterocycles. The van der Waals surface area contributed by atoms with Crippen molar-refractivity contribution in [1.29, 1.82) is 0 Å². The number of anilines is 1. The van der Waals surface area contributed by atoms with E-state index >= 15 is 0 Å². The molecule has 0 saturated carbocycles. The molecule has 3 aromatic rings. The molecule has 0 aliphatic rings. The Morgan fingerprint density at radius 1 is 1.27 bits per heavy atom. The average Bonchev–Trinajstić information content (AvgIpc) is 3.27. The fourth-order valence-electron chi connectivity index (χ4n) is 3.11. The molecule has 3 rings (SSSR count). The standard InChI is InChI=1S/C26H26FN4O3S.CH3.U/c1-6-7-8-10-18(16(2)3)15-34-26-31-30-25(35-26)29-24(32)20-14-28-17(4)13-19(20)23-21(27)11-9-12-22(23)33-5;;/h6,8-14H,15H2,1-5H3,(H,29,30,32);1H3;/q2*-1;+2/b10-8-;;. The number of pyridine rings is 1. The molecule has 0 atom stereocenters. The maximum Gasteiger partial charge on any atom is 2.00 e. The molecule has 1 aromatic carbocycles. The van der Waals surface area contributed by atoms with Gasteiger partial charge in [-0.1, -0.05) is 29.2 Å². The first kappa shape index (κ1) is 32.2. The molecule has 2 aromatic heterocycles. The number of hydrogen-bond acceptors (Lipinski definition) is 7. The molecule has 37 heavy (non-hydrogen) atoms. The number of rotatable bonds is 9. The average molecular weight is 747 g/mol. The van der Waals surface area contributed by atoms with Crippen molar-refractivity contribution in [2.75, 3.05) is 19.0 Å². The number of ether oxygens (including phenoxy) is 2. The maximum absolute atomic E-state index is 14.7. The van der Waals surface area contributed by atoms with Crippen molar-refractivity contribution >= 4 is 22.4 Å². The summed E-state index contributed by atoms with van der Waals surface area (Å²) >= 11 is 1.09. The number of benzene rings is 1. The molecular weight excluding hydrogens is 717 g/mol. The summed E-state index contributed by atoms with van der Waals surface area (Å²) in [5.41, 5.74) is 3.43. The Labute approximate surface area is 245 Å². The number of nitrogens with one attached hydrogen (secondary N) is 1. The predicted octanol–water partition coefficient (Wildman–Crippen LogP) is 6.41. The molecule has 0 aliphatic heterocycles. The van der Waals surface area contributed by atoms with Crippen molar-refractivity contribution in [1.82, 2.24) is 15.2 Å². The molecule has 10 heteroatoms. The van der Waals surface area contributed by atoms with E-state index in [1.165, 1.54) is 19.4 Å². The first-order valence-electron chi connectivity index (χ1n) is 10.8. The van der Waals surface area contributed by atoms with E-state index in [1.54, 1.807) is 25.1 Å². The second-order valence-electron chi connectivity index (χ2n) is 7.62. The van der Waals surface area contributed by atoms with Crippen LogP contribution in [0.2, 0.25) is 0 Å². The first-order valence-corrected chi connectivity index (χ1v) is 11.6. The molecule has 0 bridgehead atoms. The van der Waals surface area contributed by atoms with Gasteiger partial charge in [0.2, 0.25) is 5.13 Å². The largest absolute Gasteiger partial charge is 2.00 e.